The van der Waals surface area contributed by atoms with Crippen LogP contribution < -0.4 is 5.32 Å². The third-order valence-electron chi connectivity index (χ3n) is 7.67. The van der Waals surface area contributed by atoms with E-state index in [4.69, 9.17) is 28.4 Å². The summed E-state index contributed by atoms with van der Waals surface area (Å²) in [5.74, 6) is -1.83. The van der Waals surface area contributed by atoms with E-state index in [1.807, 2.05) is 20.8 Å². The average Bonchev–Trinajstić information content (AvgIpc) is 2.81. The molecular weight excluding hydrogens is 446 g/mol. The molecule has 1 amide bonds. The molecule has 2 heterocycles. The largest absolute Gasteiger partial charge is 0.392 e. The molecule has 2 saturated heterocycles. The number of carbonyl (C=O) groups is 1. The molecule has 2 aliphatic heterocycles. The maximum absolute atomic E-state index is 13.1. The number of carbonyl (C=O) groups excluding carboxylic acids is 1. The molecule has 3 N–H and O–H groups in total. The maximum Gasteiger partial charge on any atom is 0.256 e. The molecular formula is C24H45NO9. The second kappa shape index (κ2) is 12.4. The van der Waals surface area contributed by atoms with Crippen LogP contribution in [-0.4, -0.2) is 99.8 Å². The summed E-state index contributed by atoms with van der Waals surface area (Å²) in [5, 5.41) is 24.5. The van der Waals surface area contributed by atoms with Gasteiger partial charge in [0, 0.05) is 53.1 Å². The zero-order valence-corrected chi connectivity index (χ0v) is 21.9. The smallest absolute Gasteiger partial charge is 0.256 e. The van der Waals surface area contributed by atoms with Crippen molar-refractivity contribution in [2.75, 3.05) is 35.0 Å². The lowest BCUT2D eigenvalue weighted by atomic mass is 9.74. The van der Waals surface area contributed by atoms with Gasteiger partial charge in [-0.3, -0.25) is 4.79 Å². The fourth-order valence-electron chi connectivity index (χ4n) is 4.73. The summed E-state index contributed by atoms with van der Waals surface area (Å²) in [6.45, 7) is 8.22. The lowest BCUT2D eigenvalue weighted by Gasteiger charge is -2.48. The highest BCUT2D eigenvalue weighted by Crippen LogP contribution is 2.40. The summed E-state index contributed by atoms with van der Waals surface area (Å²) in [4.78, 5) is 13.1. The molecule has 0 radical (unpaired) electrons. The first-order valence-corrected chi connectivity index (χ1v) is 12.0. The van der Waals surface area contributed by atoms with Crippen LogP contribution in [0.1, 0.15) is 53.4 Å². The lowest BCUT2D eigenvalue weighted by molar-refractivity contribution is -0.308. The van der Waals surface area contributed by atoms with E-state index < -0.39 is 41.6 Å². The van der Waals surface area contributed by atoms with Gasteiger partial charge in [-0.2, -0.15) is 0 Å². The number of hydrogen-bond donors (Lipinski definition) is 3. The van der Waals surface area contributed by atoms with Crippen molar-refractivity contribution in [1.29, 1.82) is 0 Å². The van der Waals surface area contributed by atoms with Gasteiger partial charge < -0.3 is 44.0 Å². The van der Waals surface area contributed by atoms with E-state index >= 15 is 0 Å². The second-order valence-corrected chi connectivity index (χ2v) is 10.2. The lowest BCUT2D eigenvalue weighted by Crippen LogP contribution is -2.62. The minimum absolute atomic E-state index is 0.171. The van der Waals surface area contributed by atoms with Crippen LogP contribution in [0.3, 0.4) is 0 Å². The Hall–Kier alpha value is -0.850. The molecule has 0 aromatic carbocycles. The molecule has 0 bridgehead atoms. The monoisotopic (exact) mass is 491 g/mol. The van der Waals surface area contributed by atoms with E-state index in [2.05, 4.69) is 12.2 Å². The van der Waals surface area contributed by atoms with Gasteiger partial charge in [0.2, 0.25) is 5.79 Å². The summed E-state index contributed by atoms with van der Waals surface area (Å²) >= 11 is 0. The van der Waals surface area contributed by atoms with Gasteiger partial charge in [0.1, 0.15) is 6.10 Å². The number of methoxy groups -OCH3 is 4. The molecule has 34 heavy (non-hydrogen) atoms. The Labute approximate surface area is 203 Å². The topological polar surface area (TPSA) is 125 Å². The third-order valence-corrected chi connectivity index (χ3v) is 7.67. The highest BCUT2D eigenvalue weighted by Gasteiger charge is 2.50. The summed E-state index contributed by atoms with van der Waals surface area (Å²) in [6, 6.07) is 0. The maximum atomic E-state index is 13.1. The predicted octanol–water partition coefficient (Wildman–Crippen LogP) is 1.21. The highest BCUT2D eigenvalue weighted by molar-refractivity contribution is 5.81. The number of ether oxygens (including phenoxy) is 6. The van der Waals surface area contributed by atoms with Crippen molar-refractivity contribution >= 4 is 5.91 Å². The molecule has 200 valence electrons. The minimum Gasteiger partial charge on any atom is -0.392 e. The number of hydrogen-bond acceptors (Lipinski definition) is 9. The second-order valence-electron chi connectivity index (χ2n) is 10.2. The fraction of sp³-hybridized carbons (Fsp3) is 0.958. The minimum atomic E-state index is -1.56. The Balaban J connectivity index is 2.13. The molecule has 0 spiro atoms. The van der Waals surface area contributed by atoms with Crippen LogP contribution in [0.15, 0.2) is 0 Å². The van der Waals surface area contributed by atoms with Crippen molar-refractivity contribution in [3.63, 3.8) is 0 Å². The average molecular weight is 492 g/mol. The van der Waals surface area contributed by atoms with Gasteiger partial charge in [0.05, 0.1) is 31.0 Å². The number of aliphatic hydroxyl groups is 2. The number of aliphatic hydroxyl groups excluding tert-OH is 2. The van der Waals surface area contributed by atoms with Crippen molar-refractivity contribution in [2.24, 2.45) is 11.3 Å². The summed E-state index contributed by atoms with van der Waals surface area (Å²) in [6.07, 6.45) is -2.69. The molecule has 2 aliphatic rings. The highest BCUT2D eigenvalue weighted by atomic mass is 16.7. The molecule has 9 unspecified atom stereocenters. The molecule has 10 heteroatoms. The van der Waals surface area contributed by atoms with Gasteiger partial charge in [-0.25, -0.2) is 0 Å². The Morgan fingerprint density at radius 1 is 1.18 bits per heavy atom. The summed E-state index contributed by atoms with van der Waals surface area (Å²) in [7, 11) is 6.07. The Morgan fingerprint density at radius 2 is 1.85 bits per heavy atom. The van der Waals surface area contributed by atoms with Crippen molar-refractivity contribution in [2.45, 2.75) is 102 Å². The predicted molar refractivity (Wildman–Crippen MR) is 124 cm³/mol. The first kappa shape index (κ1) is 29.4. The van der Waals surface area contributed by atoms with E-state index in [1.54, 1.807) is 14.2 Å². The van der Waals surface area contributed by atoms with Crippen LogP contribution in [0, 0.1) is 11.3 Å². The molecule has 0 aromatic rings. The van der Waals surface area contributed by atoms with E-state index in [-0.39, 0.29) is 30.7 Å². The van der Waals surface area contributed by atoms with Gasteiger partial charge in [-0.05, 0) is 19.3 Å². The van der Waals surface area contributed by atoms with Crippen molar-refractivity contribution in [3.8, 4) is 0 Å². The fourth-order valence-corrected chi connectivity index (χ4v) is 4.73. The van der Waals surface area contributed by atoms with Gasteiger partial charge in [0.25, 0.3) is 5.91 Å². The standard InChI is InChI=1S/C24H45NO9/c1-14-9-10-24(32-8,34-15(14)2)20(27)21(28)25-22(31-7)17-12-18(26)23(3,4)19(33-17)11-16(30-6)13-29-5/h14-20,22,26-27H,9-13H2,1-8H3,(H,25,28). The molecule has 0 aromatic heterocycles. The Morgan fingerprint density at radius 3 is 2.38 bits per heavy atom. The number of rotatable bonds is 11. The molecule has 0 aliphatic carbocycles. The quantitative estimate of drug-likeness (QED) is 0.366. The summed E-state index contributed by atoms with van der Waals surface area (Å²) in [5.41, 5.74) is -0.550. The normalized spacial score (nSPS) is 36.5. The van der Waals surface area contributed by atoms with Gasteiger partial charge in [0.15, 0.2) is 12.3 Å². The van der Waals surface area contributed by atoms with E-state index in [1.165, 1.54) is 14.2 Å². The van der Waals surface area contributed by atoms with Crippen LogP contribution in [0.2, 0.25) is 0 Å². The van der Waals surface area contributed by atoms with Gasteiger partial charge in [-0.1, -0.05) is 20.8 Å². The molecule has 2 fully saturated rings. The molecule has 2 rings (SSSR count). The van der Waals surface area contributed by atoms with E-state index in [0.717, 1.165) is 6.42 Å². The first-order chi connectivity index (χ1) is 15.9. The SMILES string of the molecule is COCC(CC1OC(C(NC(=O)C(O)C2(OC)CCC(C)C(C)O2)OC)CC(O)C1(C)C)OC. The van der Waals surface area contributed by atoms with Crippen LogP contribution in [0.4, 0.5) is 0 Å². The zero-order chi connectivity index (χ0) is 25.7. The van der Waals surface area contributed by atoms with E-state index in [9.17, 15) is 15.0 Å². The van der Waals surface area contributed by atoms with Crippen molar-refractivity contribution in [3.05, 3.63) is 0 Å². The molecule has 10 nitrogen and oxygen atoms in total. The summed E-state index contributed by atoms with van der Waals surface area (Å²) < 4.78 is 34.0. The van der Waals surface area contributed by atoms with Gasteiger partial charge in [-0.15, -0.1) is 0 Å². The van der Waals surface area contributed by atoms with Crippen LogP contribution in [0.25, 0.3) is 0 Å². The van der Waals surface area contributed by atoms with Crippen LogP contribution in [0.5, 0.6) is 0 Å². The van der Waals surface area contributed by atoms with Crippen molar-refractivity contribution in [1.82, 2.24) is 5.32 Å². The van der Waals surface area contributed by atoms with E-state index in [0.29, 0.717) is 19.4 Å². The Kier molecular flexibility index (Phi) is 10.7. The number of amides is 1. The number of nitrogens with one attached hydrogen (secondary N) is 1. The Bertz CT molecular complexity index is 648. The third kappa shape index (κ3) is 6.47. The molecule has 9 atom stereocenters. The van der Waals surface area contributed by atoms with Gasteiger partial charge >= 0.3 is 0 Å². The first-order valence-electron chi connectivity index (χ1n) is 12.0. The van der Waals surface area contributed by atoms with Crippen LogP contribution >= 0.6 is 0 Å². The molecule has 0 saturated carbocycles. The zero-order valence-electron chi connectivity index (χ0n) is 21.9. The van der Waals surface area contributed by atoms with Crippen molar-refractivity contribution < 1.29 is 43.4 Å². The van der Waals surface area contributed by atoms with Crippen LogP contribution in [-0.2, 0) is 33.2 Å².